The summed E-state index contributed by atoms with van der Waals surface area (Å²) in [7, 11) is 1.98. The van der Waals surface area contributed by atoms with Crippen LogP contribution in [0, 0.1) is 0 Å². The number of aromatic nitrogens is 2. The minimum atomic E-state index is 0.857. The van der Waals surface area contributed by atoms with Crippen molar-refractivity contribution < 1.29 is 0 Å². The number of aryl methyl sites for hydroxylation is 2. The van der Waals surface area contributed by atoms with Crippen LogP contribution in [0.3, 0.4) is 0 Å². The summed E-state index contributed by atoms with van der Waals surface area (Å²) >= 11 is 0. The van der Waals surface area contributed by atoms with Gasteiger partial charge < -0.3 is 5.32 Å². The Balaban J connectivity index is 1.94. The Labute approximate surface area is 103 Å². The smallest absolute Gasteiger partial charge is 0.0965 e. The number of rotatable bonds is 3. The first-order valence-corrected chi connectivity index (χ1v) is 6.58. The zero-order chi connectivity index (χ0) is 12.1. The molecule has 2 heterocycles. The molecule has 1 aliphatic heterocycles. The fourth-order valence-corrected chi connectivity index (χ4v) is 2.24. The summed E-state index contributed by atoms with van der Waals surface area (Å²) in [4.78, 5) is 4.58. The van der Waals surface area contributed by atoms with E-state index in [1.165, 1.54) is 36.4 Å². The van der Waals surface area contributed by atoms with Crippen LogP contribution >= 0.6 is 0 Å². The Morgan fingerprint density at radius 1 is 1.35 bits per heavy atom. The van der Waals surface area contributed by atoms with Crippen molar-refractivity contribution in [3.8, 4) is 0 Å². The van der Waals surface area contributed by atoms with Gasteiger partial charge in [0.1, 0.15) is 0 Å². The quantitative estimate of drug-likeness (QED) is 0.869. The monoisotopic (exact) mass is 234 g/mol. The highest BCUT2D eigenvalue weighted by molar-refractivity contribution is 5.82. The van der Waals surface area contributed by atoms with E-state index in [1.807, 2.05) is 11.7 Å². The lowest BCUT2D eigenvalue weighted by Gasteiger charge is -2.07. The van der Waals surface area contributed by atoms with Gasteiger partial charge in [-0.1, -0.05) is 13.3 Å². The third kappa shape index (κ3) is 3.32. The van der Waals surface area contributed by atoms with Crippen LogP contribution < -0.4 is 5.32 Å². The van der Waals surface area contributed by atoms with Crippen molar-refractivity contribution in [1.29, 1.82) is 0 Å². The van der Waals surface area contributed by atoms with Crippen LogP contribution in [0.15, 0.2) is 11.2 Å². The lowest BCUT2D eigenvalue weighted by molar-refractivity contribution is 0.728. The van der Waals surface area contributed by atoms with Crippen LogP contribution in [0.1, 0.15) is 43.9 Å². The molecular formula is C13H22N4. The maximum absolute atomic E-state index is 4.58. The standard InChI is InChI=1S/C13H22N4/c1-3-12-11(10-17(2)16-12)9-15-13-7-5-4-6-8-14-13/h10H,3-9H2,1-2H3,(H,14,15). The van der Waals surface area contributed by atoms with E-state index >= 15 is 0 Å². The first-order chi connectivity index (χ1) is 8.29. The fourth-order valence-electron chi connectivity index (χ4n) is 2.24. The molecular weight excluding hydrogens is 212 g/mol. The molecule has 4 nitrogen and oxygen atoms in total. The van der Waals surface area contributed by atoms with Gasteiger partial charge >= 0.3 is 0 Å². The second-order valence-electron chi connectivity index (χ2n) is 4.62. The van der Waals surface area contributed by atoms with E-state index in [1.54, 1.807) is 0 Å². The van der Waals surface area contributed by atoms with Crippen molar-refractivity contribution in [3.05, 3.63) is 17.5 Å². The molecule has 2 rings (SSSR count). The van der Waals surface area contributed by atoms with E-state index in [0.717, 1.165) is 25.9 Å². The minimum absolute atomic E-state index is 0.857. The fraction of sp³-hybridized carbons (Fsp3) is 0.692. The van der Waals surface area contributed by atoms with E-state index in [0.29, 0.717) is 0 Å². The van der Waals surface area contributed by atoms with Crippen LogP contribution in [0.5, 0.6) is 0 Å². The highest BCUT2D eigenvalue weighted by Crippen LogP contribution is 2.09. The third-order valence-electron chi connectivity index (χ3n) is 3.18. The number of hydrogen-bond acceptors (Lipinski definition) is 3. The number of amidine groups is 1. The molecule has 0 bridgehead atoms. The van der Waals surface area contributed by atoms with Crippen molar-refractivity contribution in [2.75, 3.05) is 6.54 Å². The van der Waals surface area contributed by atoms with Crippen molar-refractivity contribution >= 4 is 5.84 Å². The molecule has 0 aromatic carbocycles. The van der Waals surface area contributed by atoms with Gasteiger partial charge in [0.05, 0.1) is 11.5 Å². The van der Waals surface area contributed by atoms with Gasteiger partial charge in [0.2, 0.25) is 0 Å². The second-order valence-corrected chi connectivity index (χ2v) is 4.62. The van der Waals surface area contributed by atoms with Crippen LogP contribution in [0.4, 0.5) is 0 Å². The van der Waals surface area contributed by atoms with Crippen LogP contribution in [-0.2, 0) is 20.0 Å². The molecule has 0 spiro atoms. The van der Waals surface area contributed by atoms with Crippen LogP contribution in [-0.4, -0.2) is 22.2 Å². The van der Waals surface area contributed by atoms with Gasteiger partial charge in [0.15, 0.2) is 0 Å². The molecule has 1 aromatic rings. The summed E-state index contributed by atoms with van der Waals surface area (Å²) in [5.41, 5.74) is 2.48. The molecule has 1 aliphatic rings. The topological polar surface area (TPSA) is 42.2 Å². The summed E-state index contributed by atoms with van der Waals surface area (Å²) < 4.78 is 1.89. The zero-order valence-electron chi connectivity index (χ0n) is 10.9. The highest BCUT2D eigenvalue weighted by Gasteiger charge is 2.08. The Hall–Kier alpha value is -1.32. The van der Waals surface area contributed by atoms with Gasteiger partial charge in [-0.2, -0.15) is 5.10 Å². The molecule has 0 fully saturated rings. The van der Waals surface area contributed by atoms with Gasteiger partial charge in [-0.3, -0.25) is 9.67 Å². The number of aliphatic imine (C=N–C) groups is 1. The molecule has 0 saturated heterocycles. The van der Waals surface area contributed by atoms with Gasteiger partial charge in [-0.25, -0.2) is 0 Å². The molecule has 0 radical (unpaired) electrons. The molecule has 0 atom stereocenters. The van der Waals surface area contributed by atoms with Crippen LogP contribution in [0.2, 0.25) is 0 Å². The molecule has 1 aromatic heterocycles. The molecule has 0 aliphatic carbocycles. The van der Waals surface area contributed by atoms with Crippen LogP contribution in [0.25, 0.3) is 0 Å². The van der Waals surface area contributed by atoms with Crippen molar-refractivity contribution in [1.82, 2.24) is 15.1 Å². The molecule has 17 heavy (non-hydrogen) atoms. The predicted molar refractivity (Wildman–Crippen MR) is 70.2 cm³/mol. The number of nitrogens with one attached hydrogen (secondary N) is 1. The lowest BCUT2D eigenvalue weighted by atomic mass is 10.2. The molecule has 0 unspecified atom stereocenters. The normalized spacial score (nSPS) is 16.5. The number of hydrogen-bond donors (Lipinski definition) is 1. The average molecular weight is 234 g/mol. The molecule has 94 valence electrons. The van der Waals surface area contributed by atoms with E-state index in [2.05, 4.69) is 28.5 Å². The van der Waals surface area contributed by atoms with Gasteiger partial charge in [-0.15, -0.1) is 0 Å². The van der Waals surface area contributed by atoms with Crippen molar-refractivity contribution in [3.63, 3.8) is 0 Å². The summed E-state index contributed by atoms with van der Waals surface area (Å²) in [5.74, 6) is 1.17. The van der Waals surface area contributed by atoms with Gasteiger partial charge in [0, 0.05) is 38.3 Å². The van der Waals surface area contributed by atoms with E-state index in [4.69, 9.17) is 0 Å². The van der Waals surface area contributed by atoms with Crippen molar-refractivity contribution in [2.45, 2.75) is 45.6 Å². The first-order valence-electron chi connectivity index (χ1n) is 6.58. The van der Waals surface area contributed by atoms with Gasteiger partial charge in [-0.05, 0) is 19.3 Å². The predicted octanol–water partition coefficient (Wildman–Crippen LogP) is 2.04. The Morgan fingerprint density at radius 2 is 2.24 bits per heavy atom. The van der Waals surface area contributed by atoms with Crippen molar-refractivity contribution in [2.24, 2.45) is 12.0 Å². The van der Waals surface area contributed by atoms with E-state index in [9.17, 15) is 0 Å². The second kappa shape index (κ2) is 5.84. The SMILES string of the molecule is CCc1nn(C)cc1CNC1=NCCCCC1. The highest BCUT2D eigenvalue weighted by atomic mass is 15.3. The van der Waals surface area contributed by atoms with Gasteiger partial charge in [0.25, 0.3) is 0 Å². The minimum Gasteiger partial charge on any atom is -0.370 e. The first kappa shape index (κ1) is 12.1. The molecule has 0 amide bonds. The summed E-state index contributed by atoms with van der Waals surface area (Å²) in [6, 6.07) is 0. The Kier molecular flexibility index (Phi) is 4.18. The average Bonchev–Trinajstić information content (AvgIpc) is 2.54. The number of nitrogens with zero attached hydrogens (tertiary/aromatic N) is 3. The molecule has 0 saturated carbocycles. The molecule has 1 N–H and O–H groups in total. The largest absolute Gasteiger partial charge is 0.370 e. The molecule has 4 heteroatoms. The zero-order valence-corrected chi connectivity index (χ0v) is 10.9. The summed E-state index contributed by atoms with van der Waals surface area (Å²) in [6.07, 6.45) is 7.99. The third-order valence-corrected chi connectivity index (χ3v) is 3.18. The Bertz CT molecular complexity index is 392. The van der Waals surface area contributed by atoms with E-state index in [-0.39, 0.29) is 0 Å². The summed E-state index contributed by atoms with van der Waals surface area (Å²) in [6.45, 7) is 3.99. The maximum Gasteiger partial charge on any atom is 0.0965 e. The van der Waals surface area contributed by atoms with E-state index < -0.39 is 0 Å². The lowest BCUT2D eigenvalue weighted by Crippen LogP contribution is -2.23. The Morgan fingerprint density at radius 3 is 3.06 bits per heavy atom. The maximum atomic E-state index is 4.58. The summed E-state index contributed by atoms with van der Waals surface area (Å²) in [5, 5.41) is 7.91.